The van der Waals surface area contributed by atoms with Crippen molar-refractivity contribution < 1.29 is 13.2 Å². The van der Waals surface area contributed by atoms with Crippen LogP contribution >= 0.6 is 15.9 Å². The molecule has 1 heterocycles. The fraction of sp³-hybridized carbons (Fsp3) is 0.500. The largest absolute Gasteiger partial charge is 0.416 e. The van der Waals surface area contributed by atoms with Gasteiger partial charge < -0.3 is 10.6 Å². The molecule has 1 atom stereocenters. The normalized spacial score (nSPS) is 20.8. The lowest BCUT2D eigenvalue weighted by molar-refractivity contribution is -0.137. The molecule has 1 aromatic rings. The first kappa shape index (κ1) is 13.7. The molecule has 18 heavy (non-hydrogen) atoms. The minimum atomic E-state index is -4.30. The molecular weight excluding hydrogens is 309 g/mol. The number of rotatable bonds is 2. The Balaban J connectivity index is 2.15. The second-order valence-corrected chi connectivity index (χ2v) is 5.23. The predicted molar refractivity (Wildman–Crippen MR) is 68.7 cm³/mol. The summed E-state index contributed by atoms with van der Waals surface area (Å²) in [6, 6.07) is 3.84. The van der Waals surface area contributed by atoms with Crippen LogP contribution in [0.2, 0.25) is 0 Å². The van der Waals surface area contributed by atoms with Gasteiger partial charge in [0, 0.05) is 22.7 Å². The van der Waals surface area contributed by atoms with Gasteiger partial charge in [0.2, 0.25) is 0 Å². The number of anilines is 1. The third kappa shape index (κ3) is 3.38. The standard InChI is InChI=1S/C12H14BrF3N2/c13-10-4-3-8(12(14,15)16)6-11(10)18-9-2-1-5-17-7-9/h3-4,6,9,17-18H,1-2,5,7H2. The molecule has 1 saturated heterocycles. The van der Waals surface area contributed by atoms with Gasteiger partial charge in [-0.05, 0) is 53.5 Å². The smallest absolute Gasteiger partial charge is 0.380 e. The predicted octanol–water partition coefficient (Wildman–Crippen LogP) is 3.63. The molecule has 1 aliphatic rings. The molecule has 1 aromatic carbocycles. The van der Waals surface area contributed by atoms with E-state index in [0.29, 0.717) is 10.2 Å². The third-order valence-electron chi connectivity index (χ3n) is 2.95. The summed E-state index contributed by atoms with van der Waals surface area (Å²) in [5, 5.41) is 6.37. The van der Waals surface area contributed by atoms with Crippen LogP contribution < -0.4 is 10.6 Å². The number of halogens is 4. The van der Waals surface area contributed by atoms with E-state index < -0.39 is 11.7 Å². The molecule has 0 saturated carbocycles. The summed E-state index contributed by atoms with van der Waals surface area (Å²) >= 11 is 3.27. The molecule has 2 nitrogen and oxygen atoms in total. The SMILES string of the molecule is FC(F)(F)c1ccc(Br)c(NC2CCCNC2)c1. The molecule has 100 valence electrons. The van der Waals surface area contributed by atoms with Gasteiger partial charge in [0.25, 0.3) is 0 Å². The summed E-state index contributed by atoms with van der Waals surface area (Å²) in [7, 11) is 0. The first-order valence-electron chi connectivity index (χ1n) is 5.81. The monoisotopic (exact) mass is 322 g/mol. The Morgan fingerprint density at radius 2 is 2.11 bits per heavy atom. The first-order valence-corrected chi connectivity index (χ1v) is 6.60. The Hall–Kier alpha value is -0.750. The molecule has 0 bridgehead atoms. The van der Waals surface area contributed by atoms with Gasteiger partial charge in [-0.25, -0.2) is 0 Å². The van der Waals surface area contributed by atoms with Gasteiger partial charge in [-0.15, -0.1) is 0 Å². The maximum atomic E-state index is 12.6. The average molecular weight is 323 g/mol. The Morgan fingerprint density at radius 1 is 1.33 bits per heavy atom. The van der Waals surface area contributed by atoms with Gasteiger partial charge in [0.05, 0.1) is 5.56 Å². The molecule has 1 unspecified atom stereocenters. The molecule has 2 N–H and O–H groups in total. The minimum absolute atomic E-state index is 0.179. The molecule has 0 amide bonds. The van der Waals surface area contributed by atoms with E-state index in [1.807, 2.05) is 0 Å². The third-order valence-corrected chi connectivity index (χ3v) is 3.64. The maximum absolute atomic E-state index is 12.6. The van der Waals surface area contributed by atoms with Crippen LogP contribution in [0.4, 0.5) is 18.9 Å². The first-order chi connectivity index (χ1) is 8.47. The second-order valence-electron chi connectivity index (χ2n) is 4.38. The molecule has 1 fully saturated rings. The molecule has 6 heteroatoms. The highest BCUT2D eigenvalue weighted by atomic mass is 79.9. The van der Waals surface area contributed by atoms with Gasteiger partial charge in [-0.3, -0.25) is 0 Å². The Kier molecular flexibility index (Phi) is 4.17. The Morgan fingerprint density at radius 3 is 2.72 bits per heavy atom. The molecule has 0 radical (unpaired) electrons. The maximum Gasteiger partial charge on any atom is 0.416 e. The van der Waals surface area contributed by atoms with Gasteiger partial charge in [0.15, 0.2) is 0 Å². The highest BCUT2D eigenvalue weighted by molar-refractivity contribution is 9.10. The lowest BCUT2D eigenvalue weighted by atomic mass is 10.1. The van der Waals surface area contributed by atoms with Crippen LogP contribution in [0.5, 0.6) is 0 Å². The Labute approximate surface area is 112 Å². The number of alkyl halides is 3. The van der Waals surface area contributed by atoms with Crippen LogP contribution in [-0.2, 0) is 6.18 Å². The summed E-state index contributed by atoms with van der Waals surface area (Å²) in [6.07, 6.45) is -2.30. The van der Waals surface area contributed by atoms with Crippen LogP contribution in [-0.4, -0.2) is 19.1 Å². The second kappa shape index (κ2) is 5.48. The molecule has 0 spiro atoms. The van der Waals surface area contributed by atoms with Gasteiger partial charge >= 0.3 is 6.18 Å². The van der Waals surface area contributed by atoms with Crippen molar-refractivity contribution in [2.75, 3.05) is 18.4 Å². The number of nitrogens with one attached hydrogen (secondary N) is 2. The van der Waals surface area contributed by atoms with E-state index in [1.165, 1.54) is 6.07 Å². The fourth-order valence-electron chi connectivity index (χ4n) is 2.01. The minimum Gasteiger partial charge on any atom is -0.380 e. The van der Waals surface area contributed by atoms with Crippen molar-refractivity contribution in [1.82, 2.24) is 5.32 Å². The zero-order valence-corrected chi connectivity index (χ0v) is 11.2. The molecular formula is C12H14BrF3N2. The van der Waals surface area contributed by atoms with E-state index in [9.17, 15) is 13.2 Å². The van der Waals surface area contributed by atoms with Gasteiger partial charge in [-0.1, -0.05) is 0 Å². The van der Waals surface area contributed by atoms with E-state index in [2.05, 4.69) is 26.6 Å². The highest BCUT2D eigenvalue weighted by Gasteiger charge is 2.31. The van der Waals surface area contributed by atoms with E-state index in [0.717, 1.165) is 38.1 Å². The van der Waals surface area contributed by atoms with E-state index >= 15 is 0 Å². The van der Waals surface area contributed by atoms with Crippen molar-refractivity contribution in [3.63, 3.8) is 0 Å². The van der Waals surface area contributed by atoms with Crippen LogP contribution in [0.25, 0.3) is 0 Å². The fourth-order valence-corrected chi connectivity index (χ4v) is 2.37. The quantitative estimate of drug-likeness (QED) is 0.868. The zero-order chi connectivity index (χ0) is 13.2. The van der Waals surface area contributed by atoms with Crippen LogP contribution in [0.1, 0.15) is 18.4 Å². The van der Waals surface area contributed by atoms with Gasteiger partial charge in [0.1, 0.15) is 0 Å². The highest BCUT2D eigenvalue weighted by Crippen LogP contribution is 2.34. The summed E-state index contributed by atoms with van der Waals surface area (Å²) in [6.45, 7) is 1.75. The molecule has 0 aromatic heterocycles. The number of hydrogen-bond acceptors (Lipinski definition) is 2. The number of benzene rings is 1. The summed E-state index contributed by atoms with van der Waals surface area (Å²) in [5.41, 5.74) is -0.129. The number of hydrogen-bond donors (Lipinski definition) is 2. The van der Waals surface area contributed by atoms with Crippen molar-refractivity contribution in [2.45, 2.75) is 25.1 Å². The number of piperidine rings is 1. The summed E-state index contributed by atoms with van der Waals surface area (Å²) in [4.78, 5) is 0. The van der Waals surface area contributed by atoms with Crippen molar-refractivity contribution in [3.05, 3.63) is 28.2 Å². The molecule has 0 aliphatic carbocycles. The summed E-state index contributed by atoms with van der Waals surface area (Å²) in [5.74, 6) is 0. The van der Waals surface area contributed by atoms with Crippen molar-refractivity contribution in [2.24, 2.45) is 0 Å². The van der Waals surface area contributed by atoms with E-state index in [-0.39, 0.29) is 6.04 Å². The van der Waals surface area contributed by atoms with Crippen LogP contribution in [0, 0.1) is 0 Å². The summed E-state index contributed by atoms with van der Waals surface area (Å²) < 4.78 is 38.5. The average Bonchev–Trinajstić information content (AvgIpc) is 2.32. The van der Waals surface area contributed by atoms with Crippen LogP contribution in [0.3, 0.4) is 0 Å². The van der Waals surface area contributed by atoms with Crippen molar-refractivity contribution in [3.8, 4) is 0 Å². The van der Waals surface area contributed by atoms with Gasteiger partial charge in [-0.2, -0.15) is 13.2 Å². The van der Waals surface area contributed by atoms with E-state index in [1.54, 1.807) is 0 Å². The lowest BCUT2D eigenvalue weighted by Crippen LogP contribution is -2.38. The van der Waals surface area contributed by atoms with Crippen LogP contribution in [0.15, 0.2) is 22.7 Å². The topological polar surface area (TPSA) is 24.1 Å². The van der Waals surface area contributed by atoms with Crippen molar-refractivity contribution >= 4 is 21.6 Å². The Bertz CT molecular complexity index is 414. The molecule has 2 rings (SSSR count). The lowest BCUT2D eigenvalue weighted by Gasteiger charge is -2.25. The molecule has 1 aliphatic heterocycles. The van der Waals surface area contributed by atoms with Crippen molar-refractivity contribution in [1.29, 1.82) is 0 Å². The van der Waals surface area contributed by atoms with E-state index in [4.69, 9.17) is 0 Å². The zero-order valence-electron chi connectivity index (χ0n) is 9.65.